The van der Waals surface area contributed by atoms with Gasteiger partial charge in [-0.25, -0.2) is 9.97 Å². The van der Waals surface area contributed by atoms with E-state index in [-0.39, 0.29) is 0 Å². The Bertz CT molecular complexity index is 406. The molecule has 1 aromatic rings. The molecule has 18 heavy (non-hydrogen) atoms. The molecule has 6 nitrogen and oxygen atoms in total. The zero-order chi connectivity index (χ0) is 13.0. The minimum atomic E-state index is -0.802. The molecule has 1 atom stereocenters. The molecule has 0 bridgehead atoms. The van der Waals surface area contributed by atoms with Gasteiger partial charge >= 0.3 is 0 Å². The van der Waals surface area contributed by atoms with E-state index in [4.69, 9.17) is 9.47 Å². The summed E-state index contributed by atoms with van der Waals surface area (Å²) >= 11 is 0. The van der Waals surface area contributed by atoms with Crippen LogP contribution in [0.1, 0.15) is 18.9 Å². The quantitative estimate of drug-likeness (QED) is 0.806. The van der Waals surface area contributed by atoms with Crippen molar-refractivity contribution in [2.24, 2.45) is 0 Å². The summed E-state index contributed by atoms with van der Waals surface area (Å²) in [5, 5.41) is 13.3. The number of ether oxygens (including phenoxy) is 2. The Labute approximate surface area is 106 Å². The van der Waals surface area contributed by atoms with E-state index in [1.807, 2.05) is 13.8 Å². The largest absolute Gasteiger partial charge is 0.478 e. The van der Waals surface area contributed by atoms with Crippen LogP contribution >= 0.6 is 0 Å². The number of hydrogen-bond donors (Lipinski definition) is 2. The number of anilines is 1. The molecule has 100 valence electrons. The summed E-state index contributed by atoms with van der Waals surface area (Å²) in [6, 6.07) is 0. The Balaban J connectivity index is 2.02. The maximum absolute atomic E-state index is 10.2. The average Bonchev–Trinajstić information content (AvgIpc) is 2.78. The summed E-state index contributed by atoms with van der Waals surface area (Å²) in [5.74, 6) is 1.26. The lowest BCUT2D eigenvalue weighted by atomic mass is 10.0. The number of aromatic nitrogens is 2. The first-order valence-corrected chi connectivity index (χ1v) is 6.13. The fourth-order valence-corrected chi connectivity index (χ4v) is 1.88. The molecule has 1 fully saturated rings. The summed E-state index contributed by atoms with van der Waals surface area (Å²) in [7, 11) is 0. The molecule has 0 radical (unpaired) electrons. The van der Waals surface area contributed by atoms with Crippen molar-refractivity contribution in [3.05, 3.63) is 11.9 Å². The third-order valence-electron chi connectivity index (χ3n) is 2.99. The first-order chi connectivity index (χ1) is 8.64. The number of rotatable bonds is 5. The van der Waals surface area contributed by atoms with Crippen LogP contribution in [-0.4, -0.2) is 47.0 Å². The first kappa shape index (κ1) is 13.0. The molecule has 1 unspecified atom stereocenters. The lowest BCUT2D eigenvalue weighted by molar-refractivity contribution is 0.0381. The highest BCUT2D eigenvalue weighted by molar-refractivity contribution is 5.47. The van der Waals surface area contributed by atoms with Gasteiger partial charge in [0, 0.05) is 19.6 Å². The zero-order valence-electron chi connectivity index (χ0n) is 10.8. The number of nitrogens with one attached hydrogen (secondary N) is 1. The van der Waals surface area contributed by atoms with Crippen LogP contribution in [0.15, 0.2) is 6.33 Å². The summed E-state index contributed by atoms with van der Waals surface area (Å²) in [5.41, 5.74) is 0.0465. The Hall–Kier alpha value is -1.40. The minimum Gasteiger partial charge on any atom is -0.478 e. The second kappa shape index (κ2) is 5.49. The molecule has 0 spiro atoms. The molecular weight excluding hydrogens is 234 g/mol. The van der Waals surface area contributed by atoms with Crippen molar-refractivity contribution < 1.29 is 14.6 Å². The van der Waals surface area contributed by atoms with E-state index < -0.39 is 5.60 Å². The van der Waals surface area contributed by atoms with Crippen LogP contribution in [0.5, 0.6) is 5.88 Å². The average molecular weight is 253 g/mol. The van der Waals surface area contributed by atoms with Gasteiger partial charge in [-0.2, -0.15) is 0 Å². The van der Waals surface area contributed by atoms with Gasteiger partial charge in [-0.05, 0) is 13.8 Å². The minimum absolute atomic E-state index is 0.364. The van der Waals surface area contributed by atoms with Crippen molar-refractivity contribution in [1.82, 2.24) is 9.97 Å². The topological polar surface area (TPSA) is 76.5 Å². The number of hydrogen-bond acceptors (Lipinski definition) is 6. The van der Waals surface area contributed by atoms with E-state index >= 15 is 0 Å². The highest BCUT2D eigenvalue weighted by Crippen LogP contribution is 2.23. The van der Waals surface area contributed by atoms with Crippen molar-refractivity contribution in [3.8, 4) is 5.88 Å². The Kier molecular flexibility index (Phi) is 3.98. The van der Waals surface area contributed by atoms with E-state index in [2.05, 4.69) is 15.3 Å². The van der Waals surface area contributed by atoms with Gasteiger partial charge in [0.2, 0.25) is 5.88 Å². The Morgan fingerprint density at radius 1 is 1.56 bits per heavy atom. The van der Waals surface area contributed by atoms with Crippen LogP contribution in [0.3, 0.4) is 0 Å². The number of nitrogens with zero attached hydrogens (tertiary/aromatic N) is 2. The predicted molar refractivity (Wildman–Crippen MR) is 66.8 cm³/mol. The van der Waals surface area contributed by atoms with Gasteiger partial charge in [-0.3, -0.25) is 0 Å². The van der Waals surface area contributed by atoms with Crippen molar-refractivity contribution in [2.75, 3.05) is 31.7 Å². The molecule has 1 saturated heterocycles. The number of aliphatic hydroxyl groups is 1. The van der Waals surface area contributed by atoms with Gasteiger partial charge < -0.3 is 19.9 Å². The summed E-state index contributed by atoms with van der Waals surface area (Å²) in [4.78, 5) is 8.22. The summed E-state index contributed by atoms with van der Waals surface area (Å²) in [6.07, 6.45) is 2.10. The monoisotopic (exact) mass is 253 g/mol. The lowest BCUT2D eigenvalue weighted by Gasteiger charge is -2.21. The zero-order valence-corrected chi connectivity index (χ0v) is 10.8. The summed E-state index contributed by atoms with van der Waals surface area (Å²) in [6.45, 7) is 5.74. The van der Waals surface area contributed by atoms with Crippen LogP contribution in [0.2, 0.25) is 0 Å². The fraction of sp³-hybridized carbons (Fsp3) is 0.667. The van der Waals surface area contributed by atoms with Gasteiger partial charge in [-0.1, -0.05) is 0 Å². The Morgan fingerprint density at radius 3 is 3.06 bits per heavy atom. The highest BCUT2D eigenvalue weighted by Gasteiger charge is 2.32. The molecule has 0 aliphatic carbocycles. The second-order valence-electron chi connectivity index (χ2n) is 4.47. The van der Waals surface area contributed by atoms with E-state index in [1.165, 1.54) is 6.33 Å². The third kappa shape index (κ3) is 2.88. The summed E-state index contributed by atoms with van der Waals surface area (Å²) < 4.78 is 10.6. The van der Waals surface area contributed by atoms with Gasteiger partial charge in [0.15, 0.2) is 0 Å². The molecule has 0 aromatic carbocycles. The smallest absolute Gasteiger partial charge is 0.221 e. The predicted octanol–water partition coefficient (Wildman–Crippen LogP) is 0.747. The molecule has 1 aliphatic heterocycles. The van der Waals surface area contributed by atoms with Crippen LogP contribution < -0.4 is 10.1 Å². The standard InChI is InChI=1S/C12H19N3O3/c1-3-18-11-9(2)10(14-8-15-11)13-6-12(16)4-5-17-7-12/h8,16H,3-7H2,1-2H3,(H,13,14,15). The molecule has 0 amide bonds. The van der Waals surface area contributed by atoms with Crippen molar-refractivity contribution in [2.45, 2.75) is 25.9 Å². The highest BCUT2D eigenvalue weighted by atomic mass is 16.5. The normalized spacial score (nSPS) is 23.1. The van der Waals surface area contributed by atoms with Gasteiger partial charge in [0.1, 0.15) is 17.7 Å². The second-order valence-corrected chi connectivity index (χ2v) is 4.47. The van der Waals surface area contributed by atoms with Crippen LogP contribution in [0.4, 0.5) is 5.82 Å². The first-order valence-electron chi connectivity index (χ1n) is 6.13. The van der Waals surface area contributed by atoms with Gasteiger partial charge in [-0.15, -0.1) is 0 Å². The van der Waals surface area contributed by atoms with E-state index in [1.54, 1.807) is 0 Å². The SMILES string of the molecule is CCOc1ncnc(NCC2(O)CCOC2)c1C. The van der Waals surface area contributed by atoms with Gasteiger partial charge in [0.05, 0.1) is 18.8 Å². The van der Waals surface area contributed by atoms with Crippen molar-refractivity contribution in [3.63, 3.8) is 0 Å². The molecule has 1 aromatic heterocycles. The molecule has 2 rings (SSSR count). The van der Waals surface area contributed by atoms with E-state index in [9.17, 15) is 5.11 Å². The molecule has 2 N–H and O–H groups in total. The molecule has 1 aliphatic rings. The molecule has 2 heterocycles. The van der Waals surface area contributed by atoms with E-state index in [0.717, 1.165) is 5.56 Å². The van der Waals surface area contributed by atoms with Crippen LogP contribution in [-0.2, 0) is 4.74 Å². The third-order valence-corrected chi connectivity index (χ3v) is 2.99. The van der Waals surface area contributed by atoms with Crippen LogP contribution in [0.25, 0.3) is 0 Å². The van der Waals surface area contributed by atoms with E-state index in [0.29, 0.717) is 44.5 Å². The fourth-order valence-electron chi connectivity index (χ4n) is 1.88. The van der Waals surface area contributed by atoms with Gasteiger partial charge in [0.25, 0.3) is 0 Å². The van der Waals surface area contributed by atoms with Crippen molar-refractivity contribution >= 4 is 5.82 Å². The maximum atomic E-state index is 10.2. The van der Waals surface area contributed by atoms with Crippen molar-refractivity contribution in [1.29, 1.82) is 0 Å². The van der Waals surface area contributed by atoms with Crippen LogP contribution in [0, 0.1) is 6.92 Å². The molecular formula is C12H19N3O3. The molecule has 0 saturated carbocycles. The maximum Gasteiger partial charge on any atom is 0.221 e. The molecule has 6 heteroatoms. The Morgan fingerprint density at radius 2 is 2.39 bits per heavy atom. The lowest BCUT2D eigenvalue weighted by Crippen LogP contribution is -2.37.